The monoisotopic (exact) mass is 380 g/mol. The first-order valence-electron chi connectivity index (χ1n) is 8.95. The van der Waals surface area contributed by atoms with E-state index >= 15 is 0 Å². The summed E-state index contributed by atoms with van der Waals surface area (Å²) >= 11 is 1.52. The third-order valence-corrected chi connectivity index (χ3v) is 5.44. The van der Waals surface area contributed by atoms with E-state index in [1.807, 2.05) is 42.5 Å². The van der Waals surface area contributed by atoms with E-state index in [1.165, 1.54) is 23.2 Å². The van der Waals surface area contributed by atoms with E-state index in [9.17, 15) is 4.79 Å². The maximum absolute atomic E-state index is 13.2. The molecule has 0 N–H and O–H groups in total. The average molecular weight is 380 g/mol. The number of rotatable bonds is 5. The molecular formula is C21H20N2O3S. The lowest BCUT2D eigenvalue weighted by molar-refractivity contribution is -0.119. The molecule has 1 aliphatic heterocycles. The summed E-state index contributed by atoms with van der Waals surface area (Å²) in [4.78, 5) is 19.6. The maximum atomic E-state index is 13.2. The van der Waals surface area contributed by atoms with Crippen molar-refractivity contribution in [3.8, 4) is 0 Å². The Bertz CT molecular complexity index is 982. The number of carbonyl (C=O) groups is 1. The molecule has 5 nitrogen and oxygen atoms in total. The summed E-state index contributed by atoms with van der Waals surface area (Å²) in [6.07, 6.45) is 2.30. The molecule has 0 saturated heterocycles. The van der Waals surface area contributed by atoms with Crippen molar-refractivity contribution in [1.29, 1.82) is 0 Å². The Hall–Kier alpha value is -2.86. The molecule has 1 amide bonds. The smallest absolute Gasteiger partial charge is 0.298 e. The van der Waals surface area contributed by atoms with Crippen LogP contribution in [0.1, 0.15) is 18.1 Å². The van der Waals surface area contributed by atoms with Gasteiger partial charge >= 0.3 is 0 Å². The Morgan fingerprint density at radius 3 is 2.74 bits per heavy atom. The van der Waals surface area contributed by atoms with Crippen LogP contribution >= 0.6 is 11.3 Å². The molecule has 0 aliphatic carbocycles. The Labute approximate surface area is 161 Å². The van der Waals surface area contributed by atoms with Crippen LogP contribution in [-0.4, -0.2) is 24.1 Å². The molecule has 1 aliphatic rings. The van der Waals surface area contributed by atoms with Gasteiger partial charge in [-0.2, -0.15) is 0 Å². The summed E-state index contributed by atoms with van der Waals surface area (Å²) in [7, 11) is 0. The molecule has 2 aromatic carbocycles. The van der Waals surface area contributed by atoms with Gasteiger partial charge in [-0.1, -0.05) is 60.7 Å². The third-order valence-electron chi connectivity index (χ3n) is 4.39. The van der Waals surface area contributed by atoms with Crippen LogP contribution in [0.25, 0.3) is 10.2 Å². The number of hydrogen-bond donors (Lipinski definition) is 0. The molecule has 3 aromatic rings. The highest BCUT2D eigenvalue weighted by molar-refractivity contribution is 7.22. The highest BCUT2D eigenvalue weighted by Gasteiger charge is 2.26. The molecule has 0 saturated carbocycles. The zero-order valence-electron chi connectivity index (χ0n) is 15.1. The molecule has 27 heavy (non-hydrogen) atoms. The summed E-state index contributed by atoms with van der Waals surface area (Å²) < 4.78 is 11.9. The van der Waals surface area contributed by atoms with Gasteiger partial charge in [0.05, 0.1) is 16.8 Å². The summed E-state index contributed by atoms with van der Waals surface area (Å²) in [5, 5.41) is 0.662. The fourth-order valence-corrected chi connectivity index (χ4v) is 4.01. The van der Waals surface area contributed by atoms with Gasteiger partial charge in [0.25, 0.3) is 5.91 Å². The van der Waals surface area contributed by atoms with Crippen LogP contribution in [0.2, 0.25) is 0 Å². The first-order valence-corrected chi connectivity index (χ1v) is 9.76. The van der Waals surface area contributed by atoms with Crippen molar-refractivity contribution in [3.63, 3.8) is 0 Å². The fraction of sp³-hybridized carbons (Fsp3) is 0.238. The first kappa shape index (κ1) is 17.5. The molecule has 2 heterocycles. The van der Waals surface area contributed by atoms with Gasteiger partial charge in [0.15, 0.2) is 5.13 Å². The number of nitrogens with zero attached hydrogens (tertiary/aromatic N) is 2. The molecule has 0 spiro atoms. The molecule has 138 valence electrons. The minimum Gasteiger partial charge on any atom is -0.494 e. The second kappa shape index (κ2) is 7.80. The van der Waals surface area contributed by atoms with E-state index in [1.54, 1.807) is 4.90 Å². The number of hydrogen-bond acceptors (Lipinski definition) is 5. The number of carbonyl (C=O) groups excluding carboxylic acids is 1. The molecule has 0 unspecified atom stereocenters. The minimum atomic E-state index is -0.240. The van der Waals surface area contributed by atoms with Crippen LogP contribution in [0, 0.1) is 0 Å². The number of thiazole rings is 1. The van der Waals surface area contributed by atoms with Gasteiger partial charge in [0, 0.05) is 0 Å². The topological polar surface area (TPSA) is 51.7 Å². The Kier molecular flexibility index (Phi) is 5.07. The van der Waals surface area contributed by atoms with Crippen LogP contribution in [0.4, 0.5) is 5.13 Å². The van der Waals surface area contributed by atoms with Crippen molar-refractivity contribution < 1.29 is 14.3 Å². The van der Waals surface area contributed by atoms with E-state index < -0.39 is 0 Å². The van der Waals surface area contributed by atoms with E-state index in [0.29, 0.717) is 24.9 Å². The molecule has 0 radical (unpaired) electrons. The van der Waals surface area contributed by atoms with Crippen LogP contribution in [-0.2, 0) is 27.2 Å². The number of aryl methyl sites for hydroxylation is 1. The number of fused-ring (bicyclic) bond motifs is 1. The standard InChI is InChI=1S/C21H20N2O3S/c1-2-16-9-6-10-18-19(16)22-21(27-18)23(13-15-7-4-3-5-8-15)20(24)17-14-25-11-12-26-17/h3-10,14H,2,11-13H2,1H3. The molecule has 0 atom stereocenters. The van der Waals surface area contributed by atoms with Crippen molar-refractivity contribution in [2.45, 2.75) is 19.9 Å². The van der Waals surface area contributed by atoms with Crippen LogP contribution in [0.5, 0.6) is 0 Å². The van der Waals surface area contributed by atoms with Crippen molar-refractivity contribution in [1.82, 2.24) is 4.98 Å². The predicted molar refractivity (Wildman–Crippen MR) is 107 cm³/mol. The second-order valence-electron chi connectivity index (χ2n) is 6.19. The zero-order valence-corrected chi connectivity index (χ0v) is 15.9. The van der Waals surface area contributed by atoms with Crippen molar-refractivity contribution in [2.24, 2.45) is 0 Å². The highest BCUT2D eigenvalue weighted by atomic mass is 32.1. The Morgan fingerprint density at radius 1 is 1.15 bits per heavy atom. The third kappa shape index (κ3) is 3.66. The normalized spacial score (nSPS) is 13.6. The lowest BCUT2D eigenvalue weighted by Crippen LogP contribution is -2.33. The zero-order chi connectivity index (χ0) is 18.6. The van der Waals surface area contributed by atoms with E-state index in [4.69, 9.17) is 14.5 Å². The predicted octanol–water partition coefficient (Wildman–Crippen LogP) is 4.28. The quantitative estimate of drug-likeness (QED) is 0.663. The van der Waals surface area contributed by atoms with Crippen molar-refractivity contribution in [2.75, 3.05) is 18.1 Å². The van der Waals surface area contributed by atoms with Crippen LogP contribution in [0.15, 0.2) is 60.6 Å². The highest BCUT2D eigenvalue weighted by Crippen LogP contribution is 2.32. The molecule has 1 aromatic heterocycles. The largest absolute Gasteiger partial charge is 0.494 e. The molecule has 0 bridgehead atoms. The number of anilines is 1. The summed E-state index contributed by atoms with van der Waals surface area (Å²) in [5.41, 5.74) is 3.16. The number of para-hydroxylation sites is 1. The first-order chi connectivity index (χ1) is 13.3. The van der Waals surface area contributed by atoms with Gasteiger partial charge < -0.3 is 9.47 Å². The number of benzene rings is 2. The lowest BCUT2D eigenvalue weighted by Gasteiger charge is -2.23. The average Bonchev–Trinajstić information content (AvgIpc) is 3.17. The molecular weight excluding hydrogens is 360 g/mol. The number of amides is 1. The van der Waals surface area contributed by atoms with E-state index in [0.717, 1.165) is 22.2 Å². The Morgan fingerprint density at radius 2 is 2.00 bits per heavy atom. The minimum absolute atomic E-state index is 0.215. The Balaban J connectivity index is 1.75. The summed E-state index contributed by atoms with van der Waals surface area (Å²) in [6.45, 7) is 3.35. The van der Waals surface area contributed by atoms with Crippen molar-refractivity contribution in [3.05, 3.63) is 71.7 Å². The van der Waals surface area contributed by atoms with Gasteiger partial charge in [0.2, 0.25) is 5.76 Å². The van der Waals surface area contributed by atoms with Gasteiger partial charge in [-0.15, -0.1) is 0 Å². The maximum Gasteiger partial charge on any atom is 0.298 e. The SMILES string of the molecule is CCc1cccc2sc(N(Cc3ccccc3)C(=O)C3=COCCO3)nc12. The van der Waals surface area contributed by atoms with Gasteiger partial charge in [-0.3, -0.25) is 9.69 Å². The van der Waals surface area contributed by atoms with Gasteiger partial charge in [-0.25, -0.2) is 4.98 Å². The van der Waals surface area contributed by atoms with Gasteiger partial charge in [-0.05, 0) is 23.6 Å². The second-order valence-corrected chi connectivity index (χ2v) is 7.20. The van der Waals surface area contributed by atoms with E-state index in [-0.39, 0.29) is 11.7 Å². The van der Waals surface area contributed by atoms with Crippen molar-refractivity contribution >= 4 is 32.6 Å². The molecule has 6 heteroatoms. The number of ether oxygens (including phenoxy) is 2. The van der Waals surface area contributed by atoms with Crippen LogP contribution < -0.4 is 4.90 Å². The van der Waals surface area contributed by atoms with Gasteiger partial charge in [0.1, 0.15) is 19.5 Å². The lowest BCUT2D eigenvalue weighted by atomic mass is 10.1. The summed E-state index contributed by atoms with van der Waals surface area (Å²) in [5.74, 6) is -0.0252. The fourth-order valence-electron chi connectivity index (χ4n) is 3.00. The number of aromatic nitrogens is 1. The molecule has 0 fully saturated rings. The van der Waals surface area contributed by atoms with E-state index in [2.05, 4.69) is 13.0 Å². The summed E-state index contributed by atoms with van der Waals surface area (Å²) in [6, 6.07) is 16.0. The van der Waals surface area contributed by atoms with Crippen LogP contribution in [0.3, 0.4) is 0 Å². The molecule has 4 rings (SSSR count).